The summed E-state index contributed by atoms with van der Waals surface area (Å²) in [5.41, 5.74) is 1.77. The second kappa shape index (κ2) is 5.80. The highest BCUT2D eigenvalue weighted by molar-refractivity contribution is 5.76. The molecule has 2 fully saturated rings. The minimum Gasteiger partial charge on any atom is -0.340 e. The molecule has 1 aliphatic carbocycles. The van der Waals surface area contributed by atoms with E-state index >= 15 is 0 Å². The van der Waals surface area contributed by atoms with Crippen molar-refractivity contribution in [2.75, 3.05) is 33.2 Å². The highest BCUT2D eigenvalue weighted by atomic mass is 16.2. The molecule has 1 heterocycles. The summed E-state index contributed by atoms with van der Waals surface area (Å²) < 4.78 is 0. The van der Waals surface area contributed by atoms with Crippen LogP contribution in [0.4, 0.5) is 0 Å². The van der Waals surface area contributed by atoms with Gasteiger partial charge in [-0.3, -0.25) is 4.79 Å². The summed E-state index contributed by atoms with van der Waals surface area (Å²) in [4.78, 5) is 16.7. The monoisotopic (exact) mass is 286 g/mol. The summed E-state index contributed by atoms with van der Waals surface area (Å²) in [6.07, 6.45) is 2.97. The molecule has 1 aliphatic heterocycles. The number of hydrogen-bond acceptors (Lipinski definition) is 2. The highest BCUT2D eigenvalue weighted by Crippen LogP contribution is 2.61. The van der Waals surface area contributed by atoms with E-state index in [0.717, 1.165) is 32.6 Å². The van der Waals surface area contributed by atoms with Crippen LogP contribution >= 0.6 is 0 Å². The molecule has 1 saturated carbocycles. The average molecular weight is 286 g/mol. The highest BCUT2D eigenvalue weighted by Gasteiger charge is 2.50. The standard InChI is InChI=1S/C18H26N2O/c1-18(14-16(18)15-6-4-3-5-7-15)9-8-17(21)20-12-10-19(2)11-13-20/h3-7,16H,8-14H2,1-2H3/t16-,18-/m1/s1. The normalized spacial score (nSPS) is 29.4. The number of hydrogen-bond donors (Lipinski definition) is 0. The zero-order valence-electron chi connectivity index (χ0n) is 13.2. The Hall–Kier alpha value is -1.35. The fraction of sp³-hybridized carbons (Fsp3) is 0.611. The maximum absolute atomic E-state index is 12.3. The van der Waals surface area contributed by atoms with Crippen molar-refractivity contribution in [2.45, 2.75) is 32.1 Å². The number of carbonyl (C=O) groups excluding carboxylic acids is 1. The molecule has 0 unspecified atom stereocenters. The van der Waals surface area contributed by atoms with E-state index in [4.69, 9.17) is 0 Å². The van der Waals surface area contributed by atoms with E-state index in [1.54, 1.807) is 0 Å². The molecule has 3 nitrogen and oxygen atoms in total. The number of amides is 1. The molecule has 3 rings (SSSR count). The van der Waals surface area contributed by atoms with Crippen molar-refractivity contribution in [3.05, 3.63) is 35.9 Å². The molecule has 21 heavy (non-hydrogen) atoms. The fourth-order valence-electron chi connectivity index (χ4n) is 3.50. The van der Waals surface area contributed by atoms with E-state index in [-0.39, 0.29) is 0 Å². The first-order valence-electron chi connectivity index (χ1n) is 8.10. The predicted octanol–water partition coefficient (Wildman–Crippen LogP) is 2.73. The van der Waals surface area contributed by atoms with Crippen LogP contribution in [0.3, 0.4) is 0 Å². The van der Waals surface area contributed by atoms with Crippen LogP contribution in [-0.2, 0) is 4.79 Å². The van der Waals surface area contributed by atoms with Crippen molar-refractivity contribution < 1.29 is 4.79 Å². The summed E-state index contributed by atoms with van der Waals surface area (Å²) in [6.45, 7) is 6.15. The molecule has 0 aromatic heterocycles. The largest absolute Gasteiger partial charge is 0.340 e. The van der Waals surface area contributed by atoms with Gasteiger partial charge < -0.3 is 9.80 Å². The van der Waals surface area contributed by atoms with E-state index in [1.807, 2.05) is 4.90 Å². The number of nitrogens with zero attached hydrogens (tertiary/aromatic N) is 2. The van der Waals surface area contributed by atoms with Crippen LogP contribution in [0.25, 0.3) is 0 Å². The van der Waals surface area contributed by atoms with Gasteiger partial charge in [-0.2, -0.15) is 0 Å². The molecule has 0 bridgehead atoms. The van der Waals surface area contributed by atoms with Crippen LogP contribution in [0.15, 0.2) is 30.3 Å². The molecule has 1 saturated heterocycles. The van der Waals surface area contributed by atoms with Gasteiger partial charge in [-0.25, -0.2) is 0 Å². The van der Waals surface area contributed by atoms with E-state index < -0.39 is 0 Å². The first kappa shape index (κ1) is 14.6. The number of carbonyl (C=O) groups is 1. The lowest BCUT2D eigenvalue weighted by atomic mass is 9.95. The van der Waals surface area contributed by atoms with Crippen LogP contribution in [0.2, 0.25) is 0 Å². The van der Waals surface area contributed by atoms with Crippen LogP contribution in [-0.4, -0.2) is 48.9 Å². The summed E-state index contributed by atoms with van der Waals surface area (Å²) >= 11 is 0. The molecule has 0 N–H and O–H groups in total. The van der Waals surface area contributed by atoms with Gasteiger partial charge in [0.2, 0.25) is 5.91 Å². The lowest BCUT2D eigenvalue weighted by Gasteiger charge is -2.32. The molecule has 2 atom stereocenters. The lowest BCUT2D eigenvalue weighted by Crippen LogP contribution is -2.47. The fourth-order valence-corrected chi connectivity index (χ4v) is 3.50. The van der Waals surface area contributed by atoms with Gasteiger partial charge in [0.25, 0.3) is 0 Å². The van der Waals surface area contributed by atoms with Crippen molar-refractivity contribution in [1.29, 1.82) is 0 Å². The van der Waals surface area contributed by atoms with E-state index in [2.05, 4.69) is 49.2 Å². The maximum atomic E-state index is 12.3. The molecule has 0 radical (unpaired) electrons. The van der Waals surface area contributed by atoms with Gasteiger partial charge in [0.1, 0.15) is 0 Å². The van der Waals surface area contributed by atoms with Gasteiger partial charge >= 0.3 is 0 Å². The molecule has 1 aromatic rings. The predicted molar refractivity (Wildman–Crippen MR) is 85.2 cm³/mol. The van der Waals surface area contributed by atoms with Crippen molar-refractivity contribution >= 4 is 5.91 Å². The Labute approximate surface area is 127 Å². The van der Waals surface area contributed by atoms with E-state index in [1.165, 1.54) is 12.0 Å². The van der Waals surface area contributed by atoms with Gasteiger partial charge in [0.15, 0.2) is 0 Å². The molecular weight excluding hydrogens is 260 g/mol. The van der Waals surface area contributed by atoms with Crippen molar-refractivity contribution in [1.82, 2.24) is 9.80 Å². The minimum absolute atomic E-state index is 0.337. The Morgan fingerprint density at radius 3 is 2.52 bits per heavy atom. The number of likely N-dealkylation sites (N-methyl/N-ethyl adjacent to an activating group) is 1. The Balaban J connectivity index is 1.49. The zero-order valence-corrected chi connectivity index (χ0v) is 13.2. The Morgan fingerprint density at radius 2 is 1.86 bits per heavy atom. The third-order valence-corrected chi connectivity index (χ3v) is 5.32. The first-order valence-corrected chi connectivity index (χ1v) is 8.10. The van der Waals surface area contributed by atoms with Crippen LogP contribution < -0.4 is 0 Å². The molecule has 2 aliphatic rings. The summed E-state index contributed by atoms with van der Waals surface area (Å²) in [7, 11) is 2.12. The SMILES string of the molecule is CN1CCN(C(=O)CC[C@]2(C)C[C@@H]2c2ccccc2)CC1. The Morgan fingerprint density at radius 1 is 1.19 bits per heavy atom. The van der Waals surface area contributed by atoms with Gasteiger partial charge in [-0.05, 0) is 36.8 Å². The van der Waals surface area contributed by atoms with Gasteiger partial charge in [0, 0.05) is 32.6 Å². The van der Waals surface area contributed by atoms with Crippen LogP contribution in [0.1, 0.15) is 37.7 Å². The summed E-state index contributed by atoms with van der Waals surface area (Å²) in [5, 5.41) is 0. The topological polar surface area (TPSA) is 23.6 Å². The number of rotatable bonds is 4. The second-order valence-electron chi connectivity index (χ2n) is 7.01. The second-order valence-corrected chi connectivity index (χ2v) is 7.01. The van der Waals surface area contributed by atoms with E-state index in [9.17, 15) is 4.79 Å². The third kappa shape index (κ3) is 3.29. The van der Waals surface area contributed by atoms with Crippen molar-refractivity contribution in [3.63, 3.8) is 0 Å². The number of piperazine rings is 1. The molecule has 3 heteroatoms. The van der Waals surface area contributed by atoms with Crippen LogP contribution in [0.5, 0.6) is 0 Å². The lowest BCUT2D eigenvalue weighted by molar-refractivity contribution is -0.133. The molecule has 1 aromatic carbocycles. The summed E-state index contributed by atoms with van der Waals surface area (Å²) in [5.74, 6) is 1.00. The molecule has 1 amide bonds. The Kier molecular flexibility index (Phi) is 4.03. The zero-order chi connectivity index (χ0) is 14.9. The van der Waals surface area contributed by atoms with Crippen molar-refractivity contribution in [2.24, 2.45) is 5.41 Å². The maximum Gasteiger partial charge on any atom is 0.222 e. The molecule has 114 valence electrons. The first-order chi connectivity index (χ1) is 10.1. The van der Waals surface area contributed by atoms with Gasteiger partial charge in [-0.15, -0.1) is 0 Å². The summed E-state index contributed by atoms with van der Waals surface area (Å²) in [6, 6.07) is 10.7. The van der Waals surface area contributed by atoms with Crippen molar-refractivity contribution in [3.8, 4) is 0 Å². The van der Waals surface area contributed by atoms with Gasteiger partial charge in [0.05, 0.1) is 0 Å². The van der Waals surface area contributed by atoms with E-state index in [0.29, 0.717) is 23.7 Å². The molecule has 0 spiro atoms. The quantitative estimate of drug-likeness (QED) is 0.849. The Bertz CT molecular complexity index is 493. The molecular formula is C18H26N2O. The van der Waals surface area contributed by atoms with Crippen LogP contribution in [0, 0.1) is 5.41 Å². The minimum atomic E-state index is 0.337. The smallest absolute Gasteiger partial charge is 0.222 e. The number of benzene rings is 1. The van der Waals surface area contributed by atoms with Gasteiger partial charge in [-0.1, -0.05) is 37.3 Å². The average Bonchev–Trinajstić information content (AvgIpc) is 3.19. The third-order valence-electron chi connectivity index (χ3n) is 5.32.